The molecule has 0 saturated heterocycles. The molecule has 0 fully saturated rings. The molecule has 1 atom stereocenters. The molecule has 0 saturated carbocycles. The number of hydrogen-bond acceptors (Lipinski definition) is 3. The number of nitrogens with one attached hydrogen (secondary N) is 1. The molecular formula is C12H23N3O. The third kappa shape index (κ3) is 3.94. The first-order valence-electron chi connectivity index (χ1n) is 6.02. The van der Waals surface area contributed by atoms with Crippen molar-refractivity contribution in [2.24, 2.45) is 0 Å². The van der Waals surface area contributed by atoms with Crippen LogP contribution >= 0.6 is 0 Å². The Balaban J connectivity index is 2.51. The normalized spacial score (nSPS) is 15.0. The minimum Gasteiger partial charge on any atom is -0.388 e. The van der Waals surface area contributed by atoms with Crippen LogP contribution in [0.2, 0.25) is 0 Å². The zero-order valence-electron chi connectivity index (χ0n) is 10.5. The van der Waals surface area contributed by atoms with Gasteiger partial charge in [0.25, 0.3) is 0 Å². The standard InChI is InChI=1S/C12H23N3O/c1-4-6-13-10-12(3,16)9-11-14-7-8-15(11)5-2/h7-8,13,16H,4-6,9-10H2,1-3H3. The smallest absolute Gasteiger partial charge is 0.111 e. The molecule has 1 aromatic rings. The zero-order valence-corrected chi connectivity index (χ0v) is 10.5. The van der Waals surface area contributed by atoms with Gasteiger partial charge in [0.2, 0.25) is 0 Å². The largest absolute Gasteiger partial charge is 0.388 e. The lowest BCUT2D eigenvalue weighted by Gasteiger charge is -2.23. The van der Waals surface area contributed by atoms with Gasteiger partial charge in [0, 0.05) is 31.9 Å². The molecule has 0 aliphatic carbocycles. The van der Waals surface area contributed by atoms with Crippen molar-refractivity contribution in [1.29, 1.82) is 0 Å². The first-order valence-corrected chi connectivity index (χ1v) is 6.02. The fraction of sp³-hybridized carbons (Fsp3) is 0.750. The summed E-state index contributed by atoms with van der Waals surface area (Å²) in [6, 6.07) is 0. The van der Waals surface area contributed by atoms with Crippen molar-refractivity contribution >= 4 is 0 Å². The highest BCUT2D eigenvalue weighted by atomic mass is 16.3. The van der Waals surface area contributed by atoms with Crippen molar-refractivity contribution in [3.63, 3.8) is 0 Å². The molecule has 1 unspecified atom stereocenters. The molecule has 0 aliphatic heterocycles. The van der Waals surface area contributed by atoms with Gasteiger partial charge in [-0.1, -0.05) is 6.92 Å². The summed E-state index contributed by atoms with van der Waals surface area (Å²) in [5.74, 6) is 0.950. The fourth-order valence-electron chi connectivity index (χ4n) is 1.73. The van der Waals surface area contributed by atoms with Crippen molar-refractivity contribution < 1.29 is 5.11 Å². The van der Waals surface area contributed by atoms with Crippen LogP contribution < -0.4 is 5.32 Å². The second kappa shape index (κ2) is 6.01. The molecule has 16 heavy (non-hydrogen) atoms. The maximum atomic E-state index is 10.2. The number of hydrogen-bond donors (Lipinski definition) is 2. The minimum atomic E-state index is -0.729. The maximum Gasteiger partial charge on any atom is 0.111 e. The summed E-state index contributed by atoms with van der Waals surface area (Å²) in [6.07, 6.45) is 5.41. The Kier molecular flexibility index (Phi) is 4.96. The number of imidazole rings is 1. The van der Waals surface area contributed by atoms with E-state index in [9.17, 15) is 5.11 Å². The van der Waals surface area contributed by atoms with Gasteiger partial charge in [-0.05, 0) is 26.8 Å². The van der Waals surface area contributed by atoms with Gasteiger partial charge >= 0.3 is 0 Å². The number of rotatable bonds is 7. The first kappa shape index (κ1) is 13.2. The second-order valence-corrected chi connectivity index (χ2v) is 4.48. The summed E-state index contributed by atoms with van der Waals surface area (Å²) in [4.78, 5) is 4.28. The quantitative estimate of drug-likeness (QED) is 0.685. The number of aromatic nitrogens is 2. The summed E-state index contributed by atoms with van der Waals surface area (Å²) >= 11 is 0. The molecule has 0 aliphatic rings. The molecule has 0 bridgehead atoms. The highest BCUT2D eigenvalue weighted by Crippen LogP contribution is 2.11. The Bertz CT molecular complexity index is 307. The monoisotopic (exact) mass is 225 g/mol. The van der Waals surface area contributed by atoms with E-state index in [2.05, 4.69) is 28.7 Å². The average molecular weight is 225 g/mol. The highest BCUT2D eigenvalue weighted by Gasteiger charge is 2.22. The van der Waals surface area contributed by atoms with E-state index in [4.69, 9.17) is 0 Å². The average Bonchev–Trinajstić information content (AvgIpc) is 2.64. The van der Waals surface area contributed by atoms with Crippen LogP contribution in [0, 0.1) is 0 Å². The topological polar surface area (TPSA) is 50.1 Å². The Hall–Kier alpha value is -0.870. The van der Waals surface area contributed by atoms with E-state index in [1.807, 2.05) is 13.1 Å². The Morgan fingerprint density at radius 1 is 1.50 bits per heavy atom. The van der Waals surface area contributed by atoms with E-state index >= 15 is 0 Å². The predicted molar refractivity (Wildman–Crippen MR) is 65.4 cm³/mol. The Labute approximate surface area is 97.7 Å². The minimum absolute atomic E-state index is 0.588. The molecule has 92 valence electrons. The SMILES string of the molecule is CCCNCC(C)(O)Cc1nccn1CC. The number of aryl methyl sites for hydroxylation is 1. The summed E-state index contributed by atoms with van der Waals surface area (Å²) in [5.41, 5.74) is -0.729. The molecule has 0 amide bonds. The van der Waals surface area contributed by atoms with E-state index in [1.165, 1.54) is 0 Å². The summed E-state index contributed by atoms with van der Waals surface area (Å²) in [5, 5.41) is 13.5. The van der Waals surface area contributed by atoms with Crippen LogP contribution in [0.3, 0.4) is 0 Å². The van der Waals surface area contributed by atoms with Crippen LogP contribution in [0.5, 0.6) is 0 Å². The molecule has 0 aromatic carbocycles. The molecule has 1 aromatic heterocycles. The van der Waals surface area contributed by atoms with Crippen molar-refractivity contribution in [3.8, 4) is 0 Å². The molecule has 2 N–H and O–H groups in total. The first-order chi connectivity index (χ1) is 7.59. The van der Waals surface area contributed by atoms with Gasteiger partial charge in [-0.15, -0.1) is 0 Å². The van der Waals surface area contributed by atoms with E-state index in [0.717, 1.165) is 25.3 Å². The molecule has 0 spiro atoms. The van der Waals surface area contributed by atoms with E-state index in [1.54, 1.807) is 6.20 Å². The highest BCUT2D eigenvalue weighted by molar-refractivity contribution is 4.98. The molecular weight excluding hydrogens is 202 g/mol. The van der Waals surface area contributed by atoms with Gasteiger partial charge in [0.1, 0.15) is 5.82 Å². The van der Waals surface area contributed by atoms with Gasteiger partial charge in [-0.2, -0.15) is 0 Å². The maximum absolute atomic E-state index is 10.2. The van der Waals surface area contributed by atoms with Crippen molar-refractivity contribution in [3.05, 3.63) is 18.2 Å². The van der Waals surface area contributed by atoms with E-state index in [-0.39, 0.29) is 0 Å². The van der Waals surface area contributed by atoms with Gasteiger partial charge in [0.05, 0.1) is 5.60 Å². The second-order valence-electron chi connectivity index (χ2n) is 4.48. The Morgan fingerprint density at radius 2 is 2.25 bits per heavy atom. The van der Waals surface area contributed by atoms with Crippen molar-refractivity contribution in [1.82, 2.24) is 14.9 Å². The fourth-order valence-corrected chi connectivity index (χ4v) is 1.73. The van der Waals surface area contributed by atoms with Crippen LogP contribution in [0.25, 0.3) is 0 Å². The van der Waals surface area contributed by atoms with Crippen LogP contribution in [0.15, 0.2) is 12.4 Å². The number of aliphatic hydroxyl groups is 1. The predicted octanol–water partition coefficient (Wildman–Crippen LogP) is 1.20. The third-order valence-electron chi connectivity index (χ3n) is 2.61. The van der Waals surface area contributed by atoms with Crippen LogP contribution in [-0.4, -0.2) is 33.3 Å². The van der Waals surface area contributed by atoms with Crippen molar-refractivity contribution in [2.75, 3.05) is 13.1 Å². The van der Waals surface area contributed by atoms with E-state index < -0.39 is 5.60 Å². The summed E-state index contributed by atoms with van der Waals surface area (Å²) < 4.78 is 2.06. The third-order valence-corrected chi connectivity index (χ3v) is 2.61. The van der Waals surface area contributed by atoms with Gasteiger partial charge in [-0.3, -0.25) is 0 Å². The summed E-state index contributed by atoms with van der Waals surface area (Å²) in [7, 11) is 0. The molecule has 0 radical (unpaired) electrons. The molecule has 4 heteroatoms. The van der Waals surface area contributed by atoms with Crippen LogP contribution in [0.1, 0.15) is 33.0 Å². The van der Waals surface area contributed by atoms with Gasteiger partial charge < -0.3 is 15.0 Å². The molecule has 4 nitrogen and oxygen atoms in total. The Morgan fingerprint density at radius 3 is 2.88 bits per heavy atom. The molecule has 1 rings (SSSR count). The molecule has 1 heterocycles. The van der Waals surface area contributed by atoms with Gasteiger partial charge in [-0.25, -0.2) is 4.98 Å². The lowest BCUT2D eigenvalue weighted by atomic mass is 10.0. The van der Waals surface area contributed by atoms with Crippen LogP contribution in [0.4, 0.5) is 0 Å². The number of nitrogens with zero attached hydrogens (tertiary/aromatic N) is 2. The lowest BCUT2D eigenvalue weighted by molar-refractivity contribution is 0.0575. The van der Waals surface area contributed by atoms with Gasteiger partial charge in [0.15, 0.2) is 0 Å². The van der Waals surface area contributed by atoms with Crippen LogP contribution in [-0.2, 0) is 13.0 Å². The van der Waals surface area contributed by atoms with Crippen molar-refractivity contribution in [2.45, 2.75) is 45.8 Å². The summed E-state index contributed by atoms with van der Waals surface area (Å²) in [6.45, 7) is 8.49. The zero-order chi connectivity index (χ0) is 12.0. The van der Waals surface area contributed by atoms with E-state index in [0.29, 0.717) is 13.0 Å². The lowest BCUT2D eigenvalue weighted by Crippen LogP contribution is -2.40.